The van der Waals surface area contributed by atoms with Crippen LogP contribution < -0.4 is 10.2 Å². The molecule has 0 fully saturated rings. The molecule has 0 aliphatic heterocycles. The molecule has 0 heterocycles. The second-order valence-electron chi connectivity index (χ2n) is 3.61. The normalized spacial score (nSPS) is 12.4. The molecule has 0 aliphatic carbocycles. The van der Waals surface area contributed by atoms with Gasteiger partial charge in [0.1, 0.15) is 18.5 Å². The molecule has 6 heteroatoms. The van der Waals surface area contributed by atoms with Gasteiger partial charge < -0.3 is 14.6 Å². The first kappa shape index (κ1) is 15.2. The molecule has 0 saturated heterocycles. The van der Waals surface area contributed by atoms with E-state index < -0.39 is 6.10 Å². The summed E-state index contributed by atoms with van der Waals surface area (Å²) in [6.07, 6.45) is -0.650. The van der Waals surface area contributed by atoms with Crippen LogP contribution >= 0.6 is 11.6 Å². The number of aliphatic hydroxyl groups is 1. The van der Waals surface area contributed by atoms with Crippen LogP contribution in [-0.4, -0.2) is 44.7 Å². The Morgan fingerprint density at radius 3 is 2.67 bits per heavy atom. The highest BCUT2D eigenvalue weighted by Gasteiger charge is 2.05. The van der Waals surface area contributed by atoms with Gasteiger partial charge in [0.15, 0.2) is 0 Å². The van der Waals surface area contributed by atoms with Gasteiger partial charge in [0.05, 0.1) is 19.8 Å². The molecule has 0 aromatic heterocycles. The van der Waals surface area contributed by atoms with E-state index in [4.69, 9.17) is 25.9 Å². The molecule has 1 aromatic rings. The molecule has 1 aromatic carbocycles. The molecule has 102 valence electrons. The molecule has 0 bridgehead atoms. The van der Waals surface area contributed by atoms with Gasteiger partial charge in [-0.1, -0.05) is 11.6 Å². The molecule has 1 rings (SSSR count). The van der Waals surface area contributed by atoms with Crippen molar-refractivity contribution in [2.75, 3.05) is 33.5 Å². The maximum absolute atomic E-state index is 9.60. The molecule has 5 nitrogen and oxygen atoms in total. The van der Waals surface area contributed by atoms with Crippen LogP contribution in [0.2, 0.25) is 5.02 Å². The Morgan fingerprint density at radius 2 is 2.00 bits per heavy atom. The lowest BCUT2D eigenvalue weighted by Crippen LogP contribution is -2.32. The minimum Gasteiger partial charge on any atom is -0.491 e. The van der Waals surface area contributed by atoms with Gasteiger partial charge in [-0.2, -0.15) is 5.48 Å². The number of benzene rings is 1. The van der Waals surface area contributed by atoms with Crippen molar-refractivity contribution < 1.29 is 19.4 Å². The Morgan fingerprint density at radius 1 is 1.28 bits per heavy atom. The fraction of sp³-hybridized carbons (Fsp3) is 0.500. The quantitative estimate of drug-likeness (QED) is 0.525. The highest BCUT2D eigenvalue weighted by atomic mass is 35.5. The number of methoxy groups -OCH3 is 1. The SMILES string of the molecule is COCCONCC(O)COc1ccc(Cl)cc1. The summed E-state index contributed by atoms with van der Waals surface area (Å²) in [5.74, 6) is 0.666. The van der Waals surface area contributed by atoms with Crippen molar-refractivity contribution in [2.45, 2.75) is 6.10 Å². The van der Waals surface area contributed by atoms with Gasteiger partial charge in [0.25, 0.3) is 0 Å². The van der Waals surface area contributed by atoms with Crippen LogP contribution in [0, 0.1) is 0 Å². The van der Waals surface area contributed by atoms with Gasteiger partial charge in [-0.05, 0) is 24.3 Å². The Bertz CT molecular complexity index is 320. The fourth-order valence-electron chi connectivity index (χ4n) is 1.13. The number of ether oxygens (including phenoxy) is 2. The van der Waals surface area contributed by atoms with Crippen LogP contribution in [0.5, 0.6) is 5.75 Å². The summed E-state index contributed by atoms with van der Waals surface area (Å²) in [5.41, 5.74) is 2.63. The lowest BCUT2D eigenvalue weighted by Gasteiger charge is -2.13. The molecule has 0 amide bonds. The first-order valence-corrected chi connectivity index (χ1v) is 6.00. The average Bonchev–Trinajstić information content (AvgIpc) is 2.38. The lowest BCUT2D eigenvalue weighted by molar-refractivity contribution is -0.0173. The van der Waals surface area contributed by atoms with Gasteiger partial charge >= 0.3 is 0 Å². The van der Waals surface area contributed by atoms with Crippen molar-refractivity contribution in [1.82, 2.24) is 5.48 Å². The summed E-state index contributed by atoms with van der Waals surface area (Å²) >= 11 is 5.74. The first-order valence-electron chi connectivity index (χ1n) is 5.62. The van der Waals surface area contributed by atoms with Crippen LogP contribution in [-0.2, 0) is 9.57 Å². The molecule has 2 N–H and O–H groups in total. The average molecular weight is 276 g/mol. The Kier molecular flexibility index (Phi) is 7.71. The summed E-state index contributed by atoms with van der Waals surface area (Å²) < 4.78 is 10.2. The fourth-order valence-corrected chi connectivity index (χ4v) is 1.26. The maximum atomic E-state index is 9.60. The van der Waals surface area contributed by atoms with Crippen molar-refractivity contribution in [1.29, 1.82) is 0 Å². The van der Waals surface area contributed by atoms with E-state index in [-0.39, 0.29) is 13.2 Å². The van der Waals surface area contributed by atoms with Crippen LogP contribution in [0.4, 0.5) is 0 Å². The summed E-state index contributed by atoms with van der Waals surface area (Å²) in [6.45, 7) is 1.41. The van der Waals surface area contributed by atoms with Crippen LogP contribution in [0.3, 0.4) is 0 Å². The topological polar surface area (TPSA) is 60.0 Å². The smallest absolute Gasteiger partial charge is 0.119 e. The van der Waals surface area contributed by atoms with E-state index >= 15 is 0 Å². The zero-order valence-corrected chi connectivity index (χ0v) is 11.0. The maximum Gasteiger partial charge on any atom is 0.119 e. The van der Waals surface area contributed by atoms with Crippen molar-refractivity contribution in [3.05, 3.63) is 29.3 Å². The molecular weight excluding hydrogens is 258 g/mol. The second-order valence-corrected chi connectivity index (χ2v) is 4.04. The van der Waals surface area contributed by atoms with E-state index in [1.807, 2.05) is 0 Å². The molecule has 0 saturated carbocycles. The van der Waals surface area contributed by atoms with Crippen LogP contribution in [0.25, 0.3) is 0 Å². The van der Waals surface area contributed by atoms with E-state index in [1.54, 1.807) is 31.4 Å². The third-order valence-electron chi connectivity index (χ3n) is 2.07. The number of hydrogen-bond acceptors (Lipinski definition) is 5. The third-order valence-corrected chi connectivity index (χ3v) is 2.32. The Labute approximate surface area is 112 Å². The summed E-state index contributed by atoms with van der Waals surface area (Å²) in [7, 11) is 1.60. The van der Waals surface area contributed by atoms with Gasteiger partial charge in [-0.15, -0.1) is 0 Å². The highest BCUT2D eigenvalue weighted by Crippen LogP contribution is 2.15. The molecule has 0 aliphatic rings. The van der Waals surface area contributed by atoms with Gasteiger partial charge in [-0.25, -0.2) is 0 Å². The van der Waals surface area contributed by atoms with E-state index in [0.717, 1.165) is 0 Å². The Hall–Kier alpha value is -0.850. The number of hydrogen-bond donors (Lipinski definition) is 2. The summed E-state index contributed by atoms with van der Waals surface area (Å²) in [4.78, 5) is 5.00. The highest BCUT2D eigenvalue weighted by molar-refractivity contribution is 6.30. The monoisotopic (exact) mass is 275 g/mol. The molecule has 1 atom stereocenters. The van der Waals surface area contributed by atoms with E-state index in [9.17, 15) is 5.11 Å². The molecule has 18 heavy (non-hydrogen) atoms. The summed E-state index contributed by atoms with van der Waals surface area (Å²) in [6, 6.07) is 6.96. The molecular formula is C12H18ClNO4. The van der Waals surface area contributed by atoms with Crippen molar-refractivity contribution in [3.8, 4) is 5.75 Å². The zero-order chi connectivity index (χ0) is 13.2. The number of halogens is 1. The predicted molar refractivity (Wildman–Crippen MR) is 68.8 cm³/mol. The van der Waals surface area contributed by atoms with Gasteiger partial charge in [0, 0.05) is 12.1 Å². The van der Waals surface area contributed by atoms with E-state index in [1.165, 1.54) is 0 Å². The Balaban J connectivity index is 2.09. The van der Waals surface area contributed by atoms with Crippen molar-refractivity contribution >= 4 is 11.6 Å². The number of aliphatic hydroxyl groups excluding tert-OH is 1. The third kappa shape index (κ3) is 6.78. The summed E-state index contributed by atoms with van der Waals surface area (Å²) in [5, 5.41) is 10.2. The lowest BCUT2D eigenvalue weighted by atomic mass is 10.3. The van der Waals surface area contributed by atoms with E-state index in [0.29, 0.717) is 24.0 Å². The first-order chi connectivity index (χ1) is 8.72. The number of hydroxylamine groups is 1. The van der Waals surface area contributed by atoms with Crippen LogP contribution in [0.1, 0.15) is 0 Å². The van der Waals surface area contributed by atoms with E-state index in [2.05, 4.69) is 5.48 Å². The van der Waals surface area contributed by atoms with Crippen molar-refractivity contribution in [2.24, 2.45) is 0 Å². The van der Waals surface area contributed by atoms with Gasteiger partial charge in [-0.3, -0.25) is 4.84 Å². The minimum atomic E-state index is -0.650. The second kappa shape index (κ2) is 9.13. The van der Waals surface area contributed by atoms with Gasteiger partial charge in [0.2, 0.25) is 0 Å². The predicted octanol–water partition coefficient (Wildman–Crippen LogP) is 1.25. The number of rotatable bonds is 9. The molecule has 0 radical (unpaired) electrons. The number of nitrogens with one attached hydrogen (secondary N) is 1. The molecule has 0 spiro atoms. The molecule has 1 unspecified atom stereocenters. The standard InChI is InChI=1S/C12H18ClNO4/c1-16-6-7-18-14-8-11(15)9-17-12-4-2-10(13)3-5-12/h2-5,11,14-15H,6-9H2,1H3. The van der Waals surface area contributed by atoms with Crippen LogP contribution in [0.15, 0.2) is 24.3 Å². The van der Waals surface area contributed by atoms with Crippen molar-refractivity contribution in [3.63, 3.8) is 0 Å². The zero-order valence-electron chi connectivity index (χ0n) is 10.3. The largest absolute Gasteiger partial charge is 0.491 e. The minimum absolute atomic E-state index is 0.183.